The van der Waals surface area contributed by atoms with Gasteiger partial charge in [0.05, 0.1) is 31.0 Å². The van der Waals surface area contributed by atoms with E-state index in [-0.39, 0.29) is 5.78 Å². The lowest BCUT2D eigenvalue weighted by Crippen LogP contribution is -2.06. The molecule has 140 valence electrons. The molecule has 27 heavy (non-hydrogen) atoms. The van der Waals surface area contributed by atoms with E-state index in [1.807, 2.05) is 50.2 Å². The molecule has 0 saturated carbocycles. The van der Waals surface area contributed by atoms with E-state index >= 15 is 0 Å². The summed E-state index contributed by atoms with van der Waals surface area (Å²) in [4.78, 5) is 17.2. The van der Waals surface area contributed by atoms with Gasteiger partial charge < -0.3 is 14.8 Å². The summed E-state index contributed by atoms with van der Waals surface area (Å²) in [6.45, 7) is 4.00. The maximum absolute atomic E-state index is 12.7. The van der Waals surface area contributed by atoms with Crippen molar-refractivity contribution in [2.45, 2.75) is 26.7 Å². The summed E-state index contributed by atoms with van der Waals surface area (Å²) in [5.41, 5.74) is 4.09. The Bertz CT molecular complexity index is 983. The number of pyridine rings is 1. The number of hydrogen-bond donors (Lipinski definition) is 1. The molecule has 0 radical (unpaired) electrons. The van der Waals surface area contributed by atoms with Gasteiger partial charge in [-0.3, -0.25) is 9.78 Å². The molecule has 0 aliphatic rings. The molecule has 0 aliphatic carbocycles. The van der Waals surface area contributed by atoms with E-state index in [1.54, 1.807) is 20.4 Å². The minimum atomic E-state index is 0.0726. The maximum Gasteiger partial charge on any atom is 0.166 e. The second-order valence-corrected chi connectivity index (χ2v) is 6.41. The Balaban J connectivity index is 2.17. The van der Waals surface area contributed by atoms with Crippen LogP contribution in [0.25, 0.3) is 10.9 Å². The van der Waals surface area contributed by atoms with Crippen LogP contribution in [0.2, 0.25) is 0 Å². The van der Waals surface area contributed by atoms with E-state index < -0.39 is 0 Å². The number of benzene rings is 2. The third-order valence-corrected chi connectivity index (χ3v) is 4.55. The van der Waals surface area contributed by atoms with Gasteiger partial charge >= 0.3 is 0 Å². The number of Topliss-reactive ketones (excluding diaryl/α,β-unsaturated/α-hetero) is 1. The average Bonchev–Trinajstić information content (AvgIpc) is 2.69. The molecule has 0 amide bonds. The predicted octanol–water partition coefficient (Wildman–Crippen LogP) is 5.29. The third kappa shape index (κ3) is 3.87. The van der Waals surface area contributed by atoms with Crippen LogP contribution >= 0.6 is 0 Å². The topological polar surface area (TPSA) is 60.5 Å². The highest BCUT2D eigenvalue weighted by molar-refractivity contribution is 6.09. The van der Waals surface area contributed by atoms with Crippen molar-refractivity contribution in [1.29, 1.82) is 0 Å². The van der Waals surface area contributed by atoms with Gasteiger partial charge in [-0.15, -0.1) is 0 Å². The molecule has 5 nitrogen and oxygen atoms in total. The number of ketones is 1. The SMILES string of the molecule is CCCC(=O)c1cnc2ccc(OC)cc2c1Nc1ccc(OC)cc1C. The Labute approximate surface area is 159 Å². The van der Waals surface area contributed by atoms with Crippen LogP contribution < -0.4 is 14.8 Å². The molecule has 1 N–H and O–H groups in total. The van der Waals surface area contributed by atoms with E-state index in [4.69, 9.17) is 9.47 Å². The van der Waals surface area contributed by atoms with E-state index in [1.165, 1.54) is 0 Å². The van der Waals surface area contributed by atoms with Gasteiger partial charge in [-0.2, -0.15) is 0 Å². The van der Waals surface area contributed by atoms with E-state index in [9.17, 15) is 4.79 Å². The summed E-state index contributed by atoms with van der Waals surface area (Å²) in [5, 5.41) is 4.31. The van der Waals surface area contributed by atoms with E-state index in [2.05, 4.69) is 10.3 Å². The normalized spacial score (nSPS) is 10.7. The lowest BCUT2D eigenvalue weighted by Gasteiger charge is -2.17. The Morgan fingerprint density at radius 1 is 1.07 bits per heavy atom. The molecular formula is C22H24N2O3. The van der Waals surface area contributed by atoms with Gasteiger partial charge in [-0.25, -0.2) is 0 Å². The highest BCUT2D eigenvalue weighted by Crippen LogP contribution is 2.34. The van der Waals surface area contributed by atoms with Crippen molar-refractivity contribution in [3.05, 3.63) is 53.7 Å². The number of hydrogen-bond acceptors (Lipinski definition) is 5. The second-order valence-electron chi connectivity index (χ2n) is 6.41. The fourth-order valence-corrected chi connectivity index (χ4v) is 3.04. The van der Waals surface area contributed by atoms with Crippen molar-refractivity contribution in [3.8, 4) is 11.5 Å². The number of aromatic nitrogens is 1. The van der Waals surface area contributed by atoms with Gasteiger partial charge in [0.2, 0.25) is 0 Å². The van der Waals surface area contributed by atoms with Crippen LogP contribution in [0.15, 0.2) is 42.6 Å². The van der Waals surface area contributed by atoms with Crippen molar-refractivity contribution in [1.82, 2.24) is 4.98 Å². The minimum absolute atomic E-state index is 0.0726. The highest BCUT2D eigenvalue weighted by atomic mass is 16.5. The van der Waals surface area contributed by atoms with Gasteiger partial charge in [-0.1, -0.05) is 6.92 Å². The Morgan fingerprint density at radius 2 is 1.78 bits per heavy atom. The molecule has 0 aliphatic heterocycles. The summed E-state index contributed by atoms with van der Waals surface area (Å²) in [6, 6.07) is 11.5. The largest absolute Gasteiger partial charge is 0.497 e. The van der Waals surface area contributed by atoms with Crippen LogP contribution in [0.1, 0.15) is 35.7 Å². The molecule has 0 atom stereocenters. The summed E-state index contributed by atoms with van der Waals surface area (Å²) >= 11 is 0. The quantitative estimate of drug-likeness (QED) is 0.578. The lowest BCUT2D eigenvalue weighted by molar-refractivity contribution is 0.0982. The molecule has 1 heterocycles. The molecule has 2 aromatic carbocycles. The fraction of sp³-hybridized carbons (Fsp3) is 0.273. The molecule has 0 fully saturated rings. The number of nitrogens with one attached hydrogen (secondary N) is 1. The van der Waals surface area contributed by atoms with Crippen LogP contribution in [0.5, 0.6) is 11.5 Å². The number of ether oxygens (including phenoxy) is 2. The number of carbonyl (C=O) groups is 1. The van der Waals surface area contributed by atoms with E-state index in [0.717, 1.165) is 45.8 Å². The molecule has 0 spiro atoms. The molecule has 1 aromatic heterocycles. The number of methoxy groups -OCH3 is 2. The number of nitrogens with zero attached hydrogens (tertiary/aromatic N) is 1. The van der Waals surface area contributed by atoms with Gasteiger partial charge in [0.1, 0.15) is 11.5 Å². The highest BCUT2D eigenvalue weighted by Gasteiger charge is 2.16. The van der Waals surface area contributed by atoms with Gasteiger partial charge in [0, 0.05) is 23.7 Å². The fourth-order valence-electron chi connectivity index (χ4n) is 3.04. The first-order chi connectivity index (χ1) is 13.1. The summed E-state index contributed by atoms with van der Waals surface area (Å²) in [5.74, 6) is 1.59. The monoisotopic (exact) mass is 364 g/mol. The number of fused-ring (bicyclic) bond motifs is 1. The van der Waals surface area contributed by atoms with Crippen LogP contribution in [-0.4, -0.2) is 25.0 Å². The molecule has 3 aromatic rings. The van der Waals surface area contributed by atoms with Gasteiger partial charge in [-0.05, 0) is 55.3 Å². The van der Waals surface area contributed by atoms with Crippen molar-refractivity contribution in [2.75, 3.05) is 19.5 Å². The number of anilines is 2. The van der Waals surface area contributed by atoms with Crippen molar-refractivity contribution >= 4 is 28.1 Å². The minimum Gasteiger partial charge on any atom is -0.497 e. The van der Waals surface area contributed by atoms with Gasteiger partial charge in [0.15, 0.2) is 5.78 Å². The smallest absolute Gasteiger partial charge is 0.166 e. The summed E-state index contributed by atoms with van der Waals surface area (Å²) < 4.78 is 10.7. The second kappa shape index (κ2) is 8.08. The first kappa shape index (κ1) is 18.7. The van der Waals surface area contributed by atoms with Crippen molar-refractivity contribution in [2.24, 2.45) is 0 Å². The maximum atomic E-state index is 12.7. The van der Waals surface area contributed by atoms with Crippen LogP contribution in [0.3, 0.4) is 0 Å². The Morgan fingerprint density at radius 3 is 2.44 bits per heavy atom. The van der Waals surface area contributed by atoms with Gasteiger partial charge in [0.25, 0.3) is 0 Å². The molecule has 0 bridgehead atoms. The van der Waals surface area contributed by atoms with Crippen molar-refractivity contribution < 1.29 is 14.3 Å². The third-order valence-electron chi connectivity index (χ3n) is 4.55. The molecule has 3 rings (SSSR count). The first-order valence-corrected chi connectivity index (χ1v) is 8.99. The zero-order valence-corrected chi connectivity index (χ0v) is 16.1. The lowest BCUT2D eigenvalue weighted by atomic mass is 10.0. The standard InChI is InChI=1S/C22H24N2O3/c1-5-6-21(25)18-13-23-20-10-8-16(27-4)12-17(20)22(18)24-19-9-7-15(26-3)11-14(19)2/h7-13H,5-6H2,1-4H3,(H,23,24). The molecule has 0 unspecified atom stereocenters. The van der Waals surface area contributed by atoms with Crippen LogP contribution in [-0.2, 0) is 0 Å². The molecule has 0 saturated heterocycles. The average molecular weight is 364 g/mol. The zero-order chi connectivity index (χ0) is 19.4. The Kier molecular flexibility index (Phi) is 5.60. The van der Waals surface area contributed by atoms with Crippen LogP contribution in [0.4, 0.5) is 11.4 Å². The van der Waals surface area contributed by atoms with E-state index in [0.29, 0.717) is 12.0 Å². The first-order valence-electron chi connectivity index (χ1n) is 8.99. The molecule has 5 heteroatoms. The Hall–Kier alpha value is -3.08. The van der Waals surface area contributed by atoms with Crippen molar-refractivity contribution in [3.63, 3.8) is 0 Å². The molecular weight excluding hydrogens is 340 g/mol. The van der Waals surface area contributed by atoms with Crippen LogP contribution in [0, 0.1) is 6.92 Å². The summed E-state index contributed by atoms with van der Waals surface area (Å²) in [7, 11) is 3.27. The number of carbonyl (C=O) groups excluding carboxylic acids is 1. The number of aryl methyl sites for hydroxylation is 1. The summed E-state index contributed by atoms with van der Waals surface area (Å²) in [6.07, 6.45) is 2.93. The number of rotatable bonds is 7. The predicted molar refractivity (Wildman–Crippen MR) is 109 cm³/mol. The zero-order valence-electron chi connectivity index (χ0n) is 16.1.